The van der Waals surface area contributed by atoms with E-state index in [0.29, 0.717) is 6.17 Å². The van der Waals surface area contributed by atoms with Crippen molar-refractivity contribution in [2.45, 2.75) is 142 Å². The summed E-state index contributed by atoms with van der Waals surface area (Å²) in [7, 11) is 4.89. The average molecular weight is 532 g/mol. The lowest BCUT2D eigenvalue weighted by molar-refractivity contribution is 0.0558. The second-order valence-corrected chi connectivity index (χ2v) is 15.1. The quantitative estimate of drug-likeness (QED) is 0.272. The van der Waals surface area contributed by atoms with Crippen molar-refractivity contribution in [1.29, 1.82) is 0 Å². The van der Waals surface area contributed by atoms with Crippen LogP contribution in [-0.2, 0) is 16.2 Å². The molecule has 0 aliphatic carbocycles. The van der Waals surface area contributed by atoms with Gasteiger partial charge in [0.1, 0.15) is 17.0 Å². The third kappa shape index (κ3) is 4.08. The zero-order valence-electron chi connectivity index (χ0n) is 26.9. The van der Waals surface area contributed by atoms with Crippen LogP contribution in [0.2, 0.25) is 0 Å². The number of hydrogen-bond donors (Lipinski definition) is 0. The molecule has 2 unspecified atom stereocenters. The highest BCUT2D eigenvalue weighted by molar-refractivity contribution is 5.86. The van der Waals surface area contributed by atoms with E-state index in [1.807, 2.05) is 0 Å². The number of fused-ring (bicyclic) bond motifs is 6. The molecule has 39 heavy (non-hydrogen) atoms. The first-order valence-electron chi connectivity index (χ1n) is 15.8. The Morgan fingerprint density at radius 3 is 2.23 bits per heavy atom. The summed E-state index contributed by atoms with van der Waals surface area (Å²) in [5.74, 6) is 1.10. The van der Waals surface area contributed by atoms with Crippen molar-refractivity contribution < 1.29 is 4.74 Å². The van der Waals surface area contributed by atoms with Gasteiger partial charge in [-0.1, -0.05) is 79.9 Å². The maximum Gasteiger partial charge on any atom is 0.173 e. The summed E-state index contributed by atoms with van der Waals surface area (Å²) in [6, 6.07) is 12.4. The molecular formula is C36H55N2O+. The molecule has 0 saturated carbocycles. The molecule has 0 spiro atoms. The number of hydrogen-bond acceptors (Lipinski definition) is 2. The number of anilines is 2. The first-order chi connectivity index (χ1) is 18.2. The molecule has 0 radical (unpaired) electrons. The van der Waals surface area contributed by atoms with Crippen LogP contribution in [0.4, 0.5) is 17.1 Å². The Bertz CT molecular complexity index is 1250. The van der Waals surface area contributed by atoms with Crippen molar-refractivity contribution in [2.24, 2.45) is 0 Å². The lowest BCUT2D eigenvalue weighted by atomic mass is 9.68. The van der Waals surface area contributed by atoms with Crippen molar-refractivity contribution >= 4 is 17.1 Å². The predicted octanol–water partition coefficient (Wildman–Crippen LogP) is 9.89. The van der Waals surface area contributed by atoms with Gasteiger partial charge in [-0.3, -0.25) is 9.38 Å². The summed E-state index contributed by atoms with van der Waals surface area (Å²) >= 11 is 0. The second kappa shape index (κ2) is 9.26. The van der Waals surface area contributed by atoms with Gasteiger partial charge in [0.2, 0.25) is 0 Å². The van der Waals surface area contributed by atoms with E-state index in [4.69, 9.17) is 4.74 Å². The highest BCUT2D eigenvalue weighted by Crippen LogP contribution is 2.60. The molecule has 214 valence electrons. The van der Waals surface area contributed by atoms with E-state index in [-0.39, 0.29) is 21.8 Å². The third-order valence-electron chi connectivity index (χ3n) is 11.5. The van der Waals surface area contributed by atoms with Crippen LogP contribution >= 0.6 is 0 Å². The highest BCUT2D eigenvalue weighted by Gasteiger charge is 2.56. The molecule has 0 amide bonds. The van der Waals surface area contributed by atoms with Crippen molar-refractivity contribution in [3.63, 3.8) is 0 Å². The molecule has 2 atom stereocenters. The van der Waals surface area contributed by atoms with Gasteiger partial charge in [0.15, 0.2) is 11.9 Å². The molecular weight excluding hydrogens is 476 g/mol. The monoisotopic (exact) mass is 531 g/mol. The molecule has 2 aromatic rings. The minimum Gasteiger partial charge on any atom is -0.487 e. The zero-order valence-corrected chi connectivity index (χ0v) is 26.9. The standard InChI is InChI=1S/C36H55N2O/c1-12-15-16-20-35(9)27-23-30-29(24-31(27)39-34(35,7)8)37-28-18-17-25(33(4,5)6)22-26(28)36(13-2,14-3)21-19-32(37)38(30,10)11/h17-18,22-24,32H,12-16,19-21H2,1-11H3/q+1. The number of rotatable bonds is 6. The van der Waals surface area contributed by atoms with Crippen LogP contribution in [0.25, 0.3) is 0 Å². The van der Waals surface area contributed by atoms with Crippen molar-refractivity contribution in [1.82, 2.24) is 4.48 Å². The molecule has 3 aliphatic heterocycles. The van der Waals surface area contributed by atoms with E-state index in [9.17, 15) is 0 Å². The predicted molar refractivity (Wildman–Crippen MR) is 169 cm³/mol. The van der Waals surface area contributed by atoms with Gasteiger partial charge in [0.05, 0.1) is 19.8 Å². The summed E-state index contributed by atoms with van der Waals surface area (Å²) in [6.45, 7) is 21.2. The fourth-order valence-corrected chi connectivity index (χ4v) is 8.12. The van der Waals surface area contributed by atoms with Crippen molar-refractivity contribution in [3.8, 4) is 5.75 Å². The zero-order chi connectivity index (χ0) is 28.6. The van der Waals surface area contributed by atoms with Gasteiger partial charge in [-0.15, -0.1) is 0 Å². The molecule has 0 N–H and O–H groups in total. The molecule has 2 aromatic carbocycles. The summed E-state index contributed by atoms with van der Waals surface area (Å²) < 4.78 is 7.75. The Labute approximate surface area is 239 Å². The van der Waals surface area contributed by atoms with E-state index < -0.39 is 0 Å². The van der Waals surface area contributed by atoms with Crippen LogP contribution in [0.1, 0.15) is 130 Å². The molecule has 0 fully saturated rings. The minimum absolute atomic E-state index is 0.0195. The van der Waals surface area contributed by atoms with Gasteiger partial charge in [-0.2, -0.15) is 0 Å². The van der Waals surface area contributed by atoms with Crippen LogP contribution in [0.15, 0.2) is 30.3 Å². The molecule has 5 rings (SSSR count). The smallest absolute Gasteiger partial charge is 0.173 e. The Balaban J connectivity index is 1.71. The van der Waals surface area contributed by atoms with Gasteiger partial charge in [0, 0.05) is 29.5 Å². The van der Waals surface area contributed by atoms with E-state index in [0.717, 1.165) is 10.2 Å². The van der Waals surface area contributed by atoms with Crippen molar-refractivity contribution in [3.05, 3.63) is 47.0 Å². The highest BCUT2D eigenvalue weighted by atomic mass is 16.5. The number of benzene rings is 2. The molecule has 0 saturated heterocycles. The SMILES string of the molecule is CCCCCC1(C)c2cc3c(cc2OC1(C)C)N1c2ccc(C(C)(C)C)cc2C(CC)(CC)CCC1[N+]3(C)C. The fourth-order valence-electron chi connectivity index (χ4n) is 8.12. The molecule has 3 nitrogen and oxygen atoms in total. The number of nitrogens with zero attached hydrogens (tertiary/aromatic N) is 2. The third-order valence-corrected chi connectivity index (χ3v) is 11.5. The molecule has 0 aromatic heterocycles. The average Bonchev–Trinajstić information content (AvgIpc) is 3.12. The van der Waals surface area contributed by atoms with E-state index in [1.54, 1.807) is 5.56 Å². The molecule has 3 heteroatoms. The normalized spacial score (nSPS) is 25.8. The van der Waals surface area contributed by atoms with E-state index in [2.05, 4.69) is 112 Å². The van der Waals surface area contributed by atoms with Crippen molar-refractivity contribution in [2.75, 3.05) is 19.0 Å². The van der Waals surface area contributed by atoms with E-state index in [1.165, 1.54) is 79.6 Å². The lowest BCUT2D eigenvalue weighted by Gasteiger charge is -2.38. The molecule has 3 heterocycles. The fraction of sp³-hybridized carbons (Fsp3) is 0.667. The Kier molecular flexibility index (Phi) is 6.78. The number of unbranched alkanes of at least 4 members (excludes halogenated alkanes) is 2. The first-order valence-corrected chi connectivity index (χ1v) is 15.8. The topological polar surface area (TPSA) is 12.5 Å². The summed E-state index contributed by atoms with van der Waals surface area (Å²) in [5.41, 5.74) is 8.80. The largest absolute Gasteiger partial charge is 0.487 e. The molecule has 3 aliphatic rings. The molecule has 0 bridgehead atoms. The number of ether oxygens (including phenoxy) is 1. The van der Waals surface area contributed by atoms with Gasteiger partial charge < -0.3 is 4.74 Å². The second-order valence-electron chi connectivity index (χ2n) is 15.1. The Hall–Kier alpha value is -2.00. The van der Waals surface area contributed by atoms with Crippen LogP contribution in [0.3, 0.4) is 0 Å². The minimum atomic E-state index is -0.216. The first kappa shape index (κ1) is 28.5. The van der Waals surface area contributed by atoms with Crippen LogP contribution in [0.5, 0.6) is 5.75 Å². The van der Waals surface area contributed by atoms with Crippen LogP contribution < -0.4 is 14.1 Å². The maximum atomic E-state index is 6.85. The maximum absolute atomic E-state index is 6.85. The van der Waals surface area contributed by atoms with Crippen LogP contribution in [0, 0.1) is 0 Å². The Morgan fingerprint density at radius 2 is 1.62 bits per heavy atom. The lowest BCUT2D eigenvalue weighted by Crippen LogP contribution is -2.52. The summed E-state index contributed by atoms with van der Waals surface area (Å²) in [4.78, 5) is 2.72. The van der Waals surface area contributed by atoms with Gasteiger partial charge in [0.25, 0.3) is 0 Å². The van der Waals surface area contributed by atoms with E-state index >= 15 is 0 Å². The van der Waals surface area contributed by atoms with Gasteiger partial charge in [-0.05, 0) is 67.6 Å². The number of quaternary nitrogens is 1. The summed E-state index contributed by atoms with van der Waals surface area (Å²) in [5, 5.41) is 0. The van der Waals surface area contributed by atoms with Crippen LogP contribution in [-0.4, -0.2) is 25.9 Å². The van der Waals surface area contributed by atoms with Gasteiger partial charge >= 0.3 is 0 Å². The Morgan fingerprint density at radius 1 is 0.923 bits per heavy atom. The summed E-state index contributed by atoms with van der Waals surface area (Å²) in [6.07, 6.45) is 10.1. The van der Waals surface area contributed by atoms with Gasteiger partial charge in [-0.25, -0.2) is 0 Å².